The molecule has 1 heterocycles. The van der Waals surface area contributed by atoms with Crippen LogP contribution in [0.3, 0.4) is 0 Å². The predicted molar refractivity (Wildman–Crippen MR) is 66.6 cm³/mol. The zero-order chi connectivity index (χ0) is 13.8. The van der Waals surface area contributed by atoms with Gasteiger partial charge in [-0.1, -0.05) is 17.9 Å². The third-order valence-electron chi connectivity index (χ3n) is 2.37. The molecule has 0 saturated carbocycles. The maximum atomic E-state index is 11.6. The molecule has 6 heteroatoms. The summed E-state index contributed by atoms with van der Waals surface area (Å²) in [5.41, 5.74) is -0.0424. The number of carbonyl (C=O) groups is 1. The molecule has 1 aromatic heterocycles. The standard InChI is InChI=1S/C13H9NO5/c1-18-10(15)7-3-5-8-4-2-6-9-11(8)12(16)19-13(17)14-9/h2,4,6H,7H2,1H3,(H,14,17). The van der Waals surface area contributed by atoms with Crippen LogP contribution in [0.2, 0.25) is 0 Å². The Balaban J connectivity index is 2.53. The lowest BCUT2D eigenvalue weighted by Gasteiger charge is -1.97. The predicted octanol–water partition coefficient (Wildman–Crippen LogP) is 0.396. The summed E-state index contributed by atoms with van der Waals surface area (Å²) in [4.78, 5) is 36.0. The maximum absolute atomic E-state index is 11.6. The Labute approximate surface area is 107 Å². The van der Waals surface area contributed by atoms with Crippen molar-refractivity contribution in [2.45, 2.75) is 6.42 Å². The van der Waals surface area contributed by atoms with Crippen molar-refractivity contribution >= 4 is 16.9 Å². The molecule has 0 atom stereocenters. The zero-order valence-electron chi connectivity index (χ0n) is 9.98. The van der Waals surface area contributed by atoms with Gasteiger partial charge in [-0.05, 0) is 12.1 Å². The van der Waals surface area contributed by atoms with E-state index in [4.69, 9.17) is 0 Å². The first-order chi connectivity index (χ1) is 9.11. The largest absolute Gasteiger partial charge is 0.468 e. The monoisotopic (exact) mass is 259 g/mol. The van der Waals surface area contributed by atoms with Crippen molar-refractivity contribution in [2.75, 3.05) is 7.11 Å². The molecule has 19 heavy (non-hydrogen) atoms. The molecule has 1 aromatic carbocycles. The quantitative estimate of drug-likeness (QED) is 0.591. The number of benzene rings is 1. The Kier molecular flexibility index (Phi) is 3.48. The van der Waals surface area contributed by atoms with Crippen molar-refractivity contribution in [1.29, 1.82) is 0 Å². The minimum atomic E-state index is -0.822. The van der Waals surface area contributed by atoms with Crippen molar-refractivity contribution in [1.82, 2.24) is 4.98 Å². The molecule has 0 fully saturated rings. The molecule has 6 nitrogen and oxygen atoms in total. The van der Waals surface area contributed by atoms with Crippen LogP contribution in [-0.2, 0) is 9.53 Å². The van der Waals surface area contributed by atoms with Gasteiger partial charge in [-0.3, -0.25) is 9.78 Å². The number of fused-ring (bicyclic) bond motifs is 1. The van der Waals surface area contributed by atoms with E-state index in [-0.39, 0.29) is 11.8 Å². The average molecular weight is 259 g/mol. The summed E-state index contributed by atoms with van der Waals surface area (Å²) in [5, 5.41) is 0.180. The first-order valence-corrected chi connectivity index (χ1v) is 5.33. The van der Waals surface area contributed by atoms with Crippen molar-refractivity contribution in [3.05, 3.63) is 44.7 Å². The van der Waals surface area contributed by atoms with Crippen LogP contribution in [-0.4, -0.2) is 18.1 Å². The Hall–Kier alpha value is -2.81. The number of rotatable bonds is 1. The molecule has 1 N–H and O–H groups in total. The van der Waals surface area contributed by atoms with Crippen molar-refractivity contribution < 1.29 is 13.9 Å². The lowest BCUT2D eigenvalue weighted by atomic mass is 10.1. The maximum Gasteiger partial charge on any atom is 0.419 e. The summed E-state index contributed by atoms with van der Waals surface area (Å²) < 4.78 is 8.90. The molecule has 0 unspecified atom stereocenters. The topological polar surface area (TPSA) is 89.4 Å². The van der Waals surface area contributed by atoms with E-state index in [1.165, 1.54) is 7.11 Å². The van der Waals surface area contributed by atoms with E-state index in [0.29, 0.717) is 11.1 Å². The number of carbonyl (C=O) groups excluding carboxylic acids is 1. The fraction of sp³-hybridized carbons (Fsp3) is 0.154. The van der Waals surface area contributed by atoms with Crippen LogP contribution in [0.4, 0.5) is 0 Å². The first-order valence-electron chi connectivity index (χ1n) is 5.33. The summed E-state index contributed by atoms with van der Waals surface area (Å²) in [5.74, 6) is 3.98. The average Bonchev–Trinajstić information content (AvgIpc) is 2.37. The van der Waals surface area contributed by atoms with Gasteiger partial charge in [-0.25, -0.2) is 9.59 Å². The second-order valence-electron chi connectivity index (χ2n) is 3.58. The molecule has 2 aromatic rings. The SMILES string of the molecule is COC(=O)CC#Cc1cccc2[nH]c(=O)oc(=O)c12. The number of hydrogen-bond donors (Lipinski definition) is 1. The molecule has 0 amide bonds. The Morgan fingerprint density at radius 2 is 2.21 bits per heavy atom. The van der Waals surface area contributed by atoms with Gasteiger partial charge in [0, 0.05) is 5.56 Å². The number of methoxy groups -OCH3 is 1. The fourth-order valence-electron chi connectivity index (χ4n) is 1.54. The normalized spacial score (nSPS) is 9.74. The highest BCUT2D eigenvalue weighted by Gasteiger charge is 2.06. The smallest absolute Gasteiger partial charge is 0.419 e. The molecule has 0 radical (unpaired) electrons. The molecule has 2 rings (SSSR count). The van der Waals surface area contributed by atoms with E-state index in [9.17, 15) is 14.4 Å². The molecule has 0 aliphatic rings. The van der Waals surface area contributed by atoms with E-state index >= 15 is 0 Å². The third-order valence-corrected chi connectivity index (χ3v) is 2.37. The van der Waals surface area contributed by atoms with E-state index < -0.39 is 17.4 Å². The molecule has 0 aliphatic heterocycles. The first kappa shape index (κ1) is 12.6. The van der Waals surface area contributed by atoms with Gasteiger partial charge in [0.25, 0.3) is 0 Å². The highest BCUT2D eigenvalue weighted by atomic mass is 16.5. The highest BCUT2D eigenvalue weighted by molar-refractivity contribution is 5.83. The van der Waals surface area contributed by atoms with Crippen LogP contribution in [0.15, 0.2) is 32.2 Å². The minimum Gasteiger partial charge on any atom is -0.468 e. The van der Waals surface area contributed by atoms with Crippen LogP contribution >= 0.6 is 0 Å². The van der Waals surface area contributed by atoms with Gasteiger partial charge < -0.3 is 9.15 Å². The highest BCUT2D eigenvalue weighted by Crippen LogP contribution is 2.10. The van der Waals surface area contributed by atoms with Crippen LogP contribution < -0.4 is 11.4 Å². The van der Waals surface area contributed by atoms with Gasteiger partial charge in [0.2, 0.25) is 0 Å². The second kappa shape index (κ2) is 5.23. The number of aromatic nitrogens is 1. The molecule has 0 spiro atoms. The second-order valence-corrected chi connectivity index (χ2v) is 3.58. The van der Waals surface area contributed by atoms with Crippen LogP contribution in [0.5, 0.6) is 0 Å². The van der Waals surface area contributed by atoms with Gasteiger partial charge in [0.05, 0.1) is 18.0 Å². The van der Waals surface area contributed by atoms with Gasteiger partial charge >= 0.3 is 17.4 Å². The molecule has 0 aliphatic carbocycles. The van der Waals surface area contributed by atoms with Gasteiger partial charge in [-0.2, -0.15) is 0 Å². The lowest BCUT2D eigenvalue weighted by molar-refractivity contribution is -0.139. The zero-order valence-corrected chi connectivity index (χ0v) is 9.98. The molecule has 96 valence electrons. The number of nitrogens with one attached hydrogen (secondary N) is 1. The fourth-order valence-corrected chi connectivity index (χ4v) is 1.54. The molecular weight excluding hydrogens is 250 g/mol. The van der Waals surface area contributed by atoms with Gasteiger partial charge in [-0.15, -0.1) is 0 Å². The minimum absolute atomic E-state index is 0.0818. The van der Waals surface area contributed by atoms with E-state index in [0.717, 1.165) is 0 Å². The molecular formula is C13H9NO5. The lowest BCUT2D eigenvalue weighted by Crippen LogP contribution is -2.15. The van der Waals surface area contributed by atoms with E-state index in [2.05, 4.69) is 26.0 Å². The summed E-state index contributed by atoms with van der Waals surface area (Å²) in [6.45, 7) is 0. The number of hydrogen-bond acceptors (Lipinski definition) is 5. The van der Waals surface area contributed by atoms with Crippen LogP contribution in [0.25, 0.3) is 10.9 Å². The third kappa shape index (κ3) is 2.72. The van der Waals surface area contributed by atoms with Gasteiger partial charge in [0.15, 0.2) is 0 Å². The summed E-state index contributed by atoms with van der Waals surface area (Å²) in [7, 11) is 1.27. The number of ether oxygens (including phenoxy) is 1. The summed E-state index contributed by atoms with van der Waals surface area (Å²) >= 11 is 0. The number of H-pyrrole nitrogens is 1. The Bertz CT molecular complexity index is 803. The Morgan fingerprint density at radius 3 is 2.95 bits per heavy atom. The number of esters is 1. The van der Waals surface area contributed by atoms with Crippen LogP contribution in [0, 0.1) is 11.8 Å². The molecule has 0 bridgehead atoms. The van der Waals surface area contributed by atoms with Gasteiger partial charge in [0.1, 0.15) is 6.42 Å². The number of aromatic amines is 1. The summed E-state index contributed by atoms with van der Waals surface area (Å²) in [6.07, 6.45) is -0.0818. The molecule has 0 saturated heterocycles. The van der Waals surface area contributed by atoms with Crippen molar-refractivity contribution in [3.8, 4) is 11.8 Å². The Morgan fingerprint density at radius 1 is 1.42 bits per heavy atom. The van der Waals surface area contributed by atoms with Crippen molar-refractivity contribution in [2.24, 2.45) is 0 Å². The van der Waals surface area contributed by atoms with E-state index in [1.807, 2.05) is 0 Å². The van der Waals surface area contributed by atoms with Crippen molar-refractivity contribution in [3.63, 3.8) is 0 Å². The summed E-state index contributed by atoms with van der Waals surface area (Å²) in [6, 6.07) is 4.81. The van der Waals surface area contributed by atoms with E-state index in [1.54, 1.807) is 18.2 Å². The van der Waals surface area contributed by atoms with Crippen LogP contribution in [0.1, 0.15) is 12.0 Å².